The Hall–Kier alpha value is -0.860. The van der Waals surface area contributed by atoms with Gasteiger partial charge in [0.2, 0.25) is 0 Å². The van der Waals surface area contributed by atoms with Crippen molar-refractivity contribution < 1.29 is 0 Å². The van der Waals surface area contributed by atoms with Crippen molar-refractivity contribution in [2.24, 2.45) is 11.7 Å². The molecule has 0 aliphatic rings. The van der Waals surface area contributed by atoms with Crippen molar-refractivity contribution in [2.45, 2.75) is 45.6 Å². The fourth-order valence-electron chi connectivity index (χ4n) is 2.74. The predicted molar refractivity (Wildman–Crippen MR) is 84.4 cm³/mol. The Labute approximate surface area is 119 Å². The van der Waals surface area contributed by atoms with E-state index in [1.807, 2.05) is 0 Å². The smallest absolute Gasteiger partial charge is 0.0368 e. The van der Waals surface area contributed by atoms with Gasteiger partial charge in [0.05, 0.1) is 0 Å². The van der Waals surface area contributed by atoms with E-state index in [4.69, 9.17) is 5.73 Å². The van der Waals surface area contributed by atoms with Gasteiger partial charge >= 0.3 is 0 Å². The van der Waals surface area contributed by atoms with E-state index in [-0.39, 0.29) is 5.41 Å². The maximum atomic E-state index is 5.71. The third-order valence-electron chi connectivity index (χ3n) is 3.84. The molecular formula is C17H30N2. The van der Waals surface area contributed by atoms with Crippen LogP contribution < -0.4 is 5.73 Å². The highest BCUT2D eigenvalue weighted by atomic mass is 15.1. The molecule has 0 amide bonds. The summed E-state index contributed by atoms with van der Waals surface area (Å²) in [6.07, 6.45) is 1.06. The molecule has 0 aromatic heterocycles. The maximum Gasteiger partial charge on any atom is 0.0368 e. The van der Waals surface area contributed by atoms with Crippen molar-refractivity contribution >= 4 is 0 Å². The van der Waals surface area contributed by atoms with Crippen molar-refractivity contribution in [3.8, 4) is 0 Å². The third kappa shape index (κ3) is 4.32. The summed E-state index contributed by atoms with van der Waals surface area (Å²) in [5.41, 5.74) is 8.70. The van der Waals surface area contributed by atoms with Crippen molar-refractivity contribution in [2.75, 3.05) is 20.6 Å². The highest BCUT2D eigenvalue weighted by Gasteiger charge is 2.21. The summed E-state index contributed by atoms with van der Waals surface area (Å²) in [7, 11) is 4.30. The topological polar surface area (TPSA) is 29.3 Å². The summed E-state index contributed by atoms with van der Waals surface area (Å²) < 4.78 is 0. The van der Waals surface area contributed by atoms with E-state index in [9.17, 15) is 0 Å². The average molecular weight is 262 g/mol. The van der Waals surface area contributed by atoms with Crippen molar-refractivity contribution in [1.29, 1.82) is 0 Å². The Morgan fingerprint density at radius 2 is 1.63 bits per heavy atom. The SMILES string of the molecule is CC(CCN)C(c1ccc(C(C)(C)C)cc1)N(C)C. The monoisotopic (exact) mass is 262 g/mol. The van der Waals surface area contributed by atoms with Gasteiger partial charge in [-0.2, -0.15) is 0 Å². The third-order valence-corrected chi connectivity index (χ3v) is 3.84. The molecule has 0 aliphatic carbocycles. The predicted octanol–water partition coefficient (Wildman–Crippen LogP) is 3.57. The molecular weight excluding hydrogens is 232 g/mol. The van der Waals surface area contributed by atoms with Crippen LogP contribution in [0, 0.1) is 5.92 Å². The fourth-order valence-corrected chi connectivity index (χ4v) is 2.74. The standard InChI is InChI=1S/C17H30N2/c1-13(11-12-18)16(19(5)6)14-7-9-15(10-8-14)17(2,3)4/h7-10,13,16H,11-12,18H2,1-6H3. The molecule has 0 fully saturated rings. The molecule has 0 aliphatic heterocycles. The molecule has 108 valence electrons. The van der Waals surface area contributed by atoms with Crippen LogP contribution in [0.4, 0.5) is 0 Å². The molecule has 2 unspecified atom stereocenters. The molecule has 0 heterocycles. The van der Waals surface area contributed by atoms with E-state index in [0.717, 1.165) is 13.0 Å². The summed E-state index contributed by atoms with van der Waals surface area (Å²) in [6.45, 7) is 9.80. The minimum Gasteiger partial charge on any atom is -0.330 e. The normalized spacial score (nSPS) is 15.6. The van der Waals surface area contributed by atoms with Crippen molar-refractivity contribution in [1.82, 2.24) is 4.90 Å². The Bertz CT molecular complexity index is 373. The second kappa shape index (κ2) is 6.53. The number of hydrogen-bond donors (Lipinski definition) is 1. The van der Waals surface area contributed by atoms with Crippen LogP contribution in [0.15, 0.2) is 24.3 Å². The Morgan fingerprint density at radius 3 is 2.00 bits per heavy atom. The van der Waals surface area contributed by atoms with Gasteiger partial charge in [-0.25, -0.2) is 0 Å². The van der Waals surface area contributed by atoms with Crippen LogP contribution in [0.5, 0.6) is 0 Å². The number of nitrogens with two attached hydrogens (primary N) is 1. The Balaban J connectivity index is 2.98. The van der Waals surface area contributed by atoms with Gasteiger partial charge in [-0.05, 0) is 49.5 Å². The number of hydrogen-bond acceptors (Lipinski definition) is 2. The summed E-state index contributed by atoms with van der Waals surface area (Å²) in [4.78, 5) is 2.30. The Morgan fingerprint density at radius 1 is 1.11 bits per heavy atom. The molecule has 0 saturated carbocycles. The zero-order valence-corrected chi connectivity index (χ0v) is 13.4. The first-order chi connectivity index (χ1) is 8.77. The molecule has 1 aromatic carbocycles. The van der Waals surface area contributed by atoms with Crippen LogP contribution in [-0.4, -0.2) is 25.5 Å². The molecule has 2 atom stereocenters. The molecule has 1 rings (SSSR count). The summed E-state index contributed by atoms with van der Waals surface area (Å²) in [5, 5.41) is 0. The van der Waals surface area contributed by atoms with Gasteiger partial charge in [0.1, 0.15) is 0 Å². The average Bonchev–Trinajstić information content (AvgIpc) is 2.28. The zero-order chi connectivity index (χ0) is 14.6. The number of benzene rings is 1. The van der Waals surface area contributed by atoms with E-state index >= 15 is 0 Å². The second-order valence-electron chi connectivity index (χ2n) is 6.84. The molecule has 0 radical (unpaired) electrons. The van der Waals surface area contributed by atoms with Gasteiger partial charge < -0.3 is 10.6 Å². The largest absolute Gasteiger partial charge is 0.330 e. The summed E-state index contributed by atoms with van der Waals surface area (Å²) in [5.74, 6) is 0.570. The molecule has 2 heteroatoms. The zero-order valence-electron chi connectivity index (χ0n) is 13.4. The van der Waals surface area contributed by atoms with Crippen LogP contribution in [0.3, 0.4) is 0 Å². The second-order valence-corrected chi connectivity index (χ2v) is 6.84. The fraction of sp³-hybridized carbons (Fsp3) is 0.647. The van der Waals surface area contributed by atoms with Crippen LogP contribution in [-0.2, 0) is 5.41 Å². The van der Waals surface area contributed by atoms with Crippen LogP contribution in [0.2, 0.25) is 0 Å². The molecule has 0 spiro atoms. The van der Waals surface area contributed by atoms with Gasteiger partial charge in [-0.1, -0.05) is 52.0 Å². The van der Waals surface area contributed by atoms with Crippen molar-refractivity contribution in [3.63, 3.8) is 0 Å². The maximum absolute atomic E-state index is 5.71. The highest BCUT2D eigenvalue weighted by Crippen LogP contribution is 2.30. The molecule has 19 heavy (non-hydrogen) atoms. The molecule has 2 N–H and O–H groups in total. The summed E-state index contributed by atoms with van der Waals surface area (Å²) >= 11 is 0. The van der Waals surface area contributed by atoms with E-state index < -0.39 is 0 Å². The van der Waals surface area contributed by atoms with Gasteiger partial charge in [-0.15, -0.1) is 0 Å². The van der Waals surface area contributed by atoms with E-state index in [1.165, 1.54) is 11.1 Å². The van der Waals surface area contributed by atoms with Crippen LogP contribution >= 0.6 is 0 Å². The van der Waals surface area contributed by atoms with Crippen molar-refractivity contribution in [3.05, 3.63) is 35.4 Å². The molecule has 1 aromatic rings. The molecule has 2 nitrogen and oxygen atoms in total. The molecule has 0 bridgehead atoms. The lowest BCUT2D eigenvalue weighted by Crippen LogP contribution is -2.27. The highest BCUT2D eigenvalue weighted by molar-refractivity contribution is 5.29. The van der Waals surface area contributed by atoms with Crippen LogP contribution in [0.25, 0.3) is 0 Å². The van der Waals surface area contributed by atoms with Gasteiger partial charge in [0.25, 0.3) is 0 Å². The first kappa shape index (κ1) is 16.2. The quantitative estimate of drug-likeness (QED) is 0.879. The van der Waals surface area contributed by atoms with Gasteiger partial charge in [-0.3, -0.25) is 0 Å². The number of nitrogens with zero attached hydrogens (tertiary/aromatic N) is 1. The lowest BCUT2D eigenvalue weighted by molar-refractivity contribution is 0.217. The van der Waals surface area contributed by atoms with Gasteiger partial charge in [0.15, 0.2) is 0 Å². The minimum atomic E-state index is 0.217. The first-order valence-electron chi connectivity index (χ1n) is 7.24. The number of rotatable bonds is 5. The molecule has 0 saturated heterocycles. The lowest BCUT2D eigenvalue weighted by Gasteiger charge is -2.31. The first-order valence-corrected chi connectivity index (χ1v) is 7.24. The lowest BCUT2D eigenvalue weighted by atomic mass is 9.84. The van der Waals surface area contributed by atoms with Gasteiger partial charge in [0, 0.05) is 6.04 Å². The Kier molecular flexibility index (Phi) is 5.57. The van der Waals surface area contributed by atoms with E-state index in [1.54, 1.807) is 0 Å². The summed E-state index contributed by atoms with van der Waals surface area (Å²) in [6, 6.07) is 9.52. The van der Waals surface area contributed by atoms with Crippen LogP contribution in [0.1, 0.15) is 51.3 Å². The van der Waals surface area contributed by atoms with E-state index in [0.29, 0.717) is 12.0 Å². The van der Waals surface area contributed by atoms with E-state index in [2.05, 4.69) is 71.0 Å². The minimum absolute atomic E-state index is 0.217.